The van der Waals surface area contributed by atoms with Crippen LogP contribution in [0.2, 0.25) is 0 Å². The minimum Gasteiger partial charge on any atom is -0.363 e. The van der Waals surface area contributed by atoms with E-state index in [2.05, 4.69) is 40.1 Å². The van der Waals surface area contributed by atoms with Gasteiger partial charge in [0.05, 0.1) is 17.0 Å². The first-order chi connectivity index (χ1) is 16.2. The molecule has 2 aromatic heterocycles. The van der Waals surface area contributed by atoms with E-state index in [4.69, 9.17) is 4.98 Å². The van der Waals surface area contributed by atoms with Gasteiger partial charge in [-0.1, -0.05) is 18.2 Å². The van der Waals surface area contributed by atoms with Crippen molar-refractivity contribution >= 4 is 16.9 Å². The number of rotatable bonds is 6. The van der Waals surface area contributed by atoms with Gasteiger partial charge in [0, 0.05) is 17.3 Å². The minimum atomic E-state index is -2.87. The smallest absolute Gasteiger partial charge is 0.266 e. The highest BCUT2D eigenvalue weighted by Gasteiger charge is 2.25. The number of piperidine rings is 1. The van der Waals surface area contributed by atoms with Gasteiger partial charge in [-0.2, -0.15) is 0 Å². The van der Waals surface area contributed by atoms with Crippen molar-refractivity contribution in [1.82, 2.24) is 19.9 Å². The van der Waals surface area contributed by atoms with Crippen LogP contribution in [0, 0.1) is 19.7 Å². The fourth-order valence-corrected chi connectivity index (χ4v) is 4.87. The van der Waals surface area contributed by atoms with Crippen molar-refractivity contribution in [1.29, 1.82) is 0 Å². The van der Waals surface area contributed by atoms with Gasteiger partial charge >= 0.3 is 0 Å². The standard InChI is InChI=1S/C26H32F3N5/c1-14(2)34-11-9-18(10-12-34)21-13-22-25(32-17(5)33-26(22)31-16(21)4)30-15(3)19-7-6-8-20(23(19)27)24(28)29/h6-8,13-15,18,24H,9-12H2,1-5H3,(H,30,31,32,33)/t15-/m1/s1. The van der Waals surface area contributed by atoms with Crippen molar-refractivity contribution in [2.75, 3.05) is 18.4 Å². The van der Waals surface area contributed by atoms with E-state index in [-0.39, 0.29) is 5.56 Å². The van der Waals surface area contributed by atoms with Gasteiger partial charge in [0.1, 0.15) is 17.5 Å². The van der Waals surface area contributed by atoms with Crippen molar-refractivity contribution in [2.24, 2.45) is 0 Å². The molecule has 0 aliphatic carbocycles. The van der Waals surface area contributed by atoms with Crippen LogP contribution >= 0.6 is 0 Å². The Morgan fingerprint density at radius 2 is 1.68 bits per heavy atom. The first-order valence-corrected chi connectivity index (χ1v) is 11.9. The SMILES string of the molecule is Cc1nc(N[C@H](C)c2cccc(C(F)F)c2F)c2cc(C3CCN(C(C)C)CC3)c(C)nc2n1. The number of nitrogens with one attached hydrogen (secondary N) is 1. The number of hydrogen-bond donors (Lipinski definition) is 1. The van der Waals surface area contributed by atoms with Gasteiger partial charge in [0.2, 0.25) is 0 Å². The molecule has 0 saturated carbocycles. The lowest BCUT2D eigenvalue weighted by molar-refractivity contribution is 0.146. The first kappa shape index (κ1) is 24.4. The molecule has 1 atom stereocenters. The number of aromatic nitrogens is 3. The largest absolute Gasteiger partial charge is 0.363 e. The minimum absolute atomic E-state index is 0.170. The molecule has 1 aliphatic heterocycles. The Morgan fingerprint density at radius 1 is 1.00 bits per heavy atom. The predicted octanol–water partition coefficient (Wildman–Crippen LogP) is 6.48. The van der Waals surface area contributed by atoms with Gasteiger partial charge in [0.25, 0.3) is 6.43 Å². The summed E-state index contributed by atoms with van der Waals surface area (Å²) in [7, 11) is 0. The summed E-state index contributed by atoms with van der Waals surface area (Å²) < 4.78 is 41.1. The number of nitrogens with zero attached hydrogens (tertiary/aromatic N) is 4. The number of anilines is 1. The number of halogens is 3. The third-order valence-corrected chi connectivity index (χ3v) is 6.84. The molecule has 3 aromatic rings. The lowest BCUT2D eigenvalue weighted by atomic mass is 9.87. The zero-order chi connectivity index (χ0) is 24.6. The van der Waals surface area contributed by atoms with E-state index in [0.29, 0.717) is 29.2 Å². The Morgan fingerprint density at radius 3 is 2.32 bits per heavy atom. The maximum absolute atomic E-state index is 14.7. The molecular weight excluding hydrogens is 439 g/mol. The lowest BCUT2D eigenvalue weighted by Crippen LogP contribution is -2.38. The zero-order valence-corrected chi connectivity index (χ0v) is 20.4. The molecule has 1 N–H and O–H groups in total. The Balaban J connectivity index is 1.68. The number of alkyl halides is 2. The van der Waals surface area contributed by atoms with Gasteiger partial charge in [-0.15, -0.1) is 0 Å². The molecule has 4 rings (SSSR count). The van der Waals surface area contributed by atoms with E-state index >= 15 is 0 Å². The van der Waals surface area contributed by atoms with Crippen molar-refractivity contribution in [3.63, 3.8) is 0 Å². The molecule has 3 heterocycles. The van der Waals surface area contributed by atoms with E-state index in [1.54, 1.807) is 13.8 Å². The Labute approximate surface area is 198 Å². The number of hydrogen-bond acceptors (Lipinski definition) is 5. The second-order valence-electron chi connectivity index (χ2n) is 9.47. The van der Waals surface area contributed by atoms with E-state index in [0.717, 1.165) is 43.1 Å². The second-order valence-corrected chi connectivity index (χ2v) is 9.47. The van der Waals surface area contributed by atoms with E-state index in [1.807, 2.05) is 6.92 Å². The number of likely N-dealkylation sites (tertiary alicyclic amines) is 1. The van der Waals surface area contributed by atoms with E-state index < -0.39 is 23.8 Å². The molecule has 8 heteroatoms. The molecule has 1 fully saturated rings. The monoisotopic (exact) mass is 471 g/mol. The second kappa shape index (κ2) is 9.86. The van der Waals surface area contributed by atoms with Crippen LogP contribution < -0.4 is 5.32 Å². The van der Waals surface area contributed by atoms with Crippen LogP contribution in [-0.2, 0) is 0 Å². The molecule has 1 aliphatic rings. The fourth-order valence-electron chi connectivity index (χ4n) is 4.87. The molecule has 182 valence electrons. The summed E-state index contributed by atoms with van der Waals surface area (Å²) in [6.07, 6.45) is -0.751. The Hall–Kier alpha value is -2.74. The third kappa shape index (κ3) is 4.87. The van der Waals surface area contributed by atoms with Crippen LogP contribution in [0.1, 0.15) is 80.2 Å². The normalized spacial score (nSPS) is 16.5. The van der Waals surface area contributed by atoms with Crippen molar-refractivity contribution in [3.8, 4) is 0 Å². The quantitative estimate of drug-likeness (QED) is 0.446. The summed E-state index contributed by atoms with van der Waals surface area (Å²) in [6, 6.07) is 6.15. The molecule has 0 radical (unpaired) electrons. The summed E-state index contributed by atoms with van der Waals surface area (Å²) in [5, 5.41) is 4.00. The van der Waals surface area contributed by atoms with Gasteiger partial charge in [0.15, 0.2) is 5.65 Å². The van der Waals surface area contributed by atoms with E-state index in [1.165, 1.54) is 17.7 Å². The van der Waals surface area contributed by atoms with Gasteiger partial charge in [-0.25, -0.2) is 28.1 Å². The first-order valence-electron chi connectivity index (χ1n) is 11.9. The molecule has 0 amide bonds. The maximum Gasteiger partial charge on any atom is 0.266 e. The maximum atomic E-state index is 14.7. The van der Waals surface area contributed by atoms with Crippen LogP contribution in [0.4, 0.5) is 19.0 Å². The number of aryl methyl sites for hydroxylation is 2. The van der Waals surface area contributed by atoms with Crippen LogP contribution in [0.25, 0.3) is 11.0 Å². The zero-order valence-electron chi connectivity index (χ0n) is 20.4. The van der Waals surface area contributed by atoms with Gasteiger partial charge in [-0.3, -0.25) is 0 Å². The Kier molecular flexibility index (Phi) is 7.07. The fraction of sp³-hybridized carbons (Fsp3) is 0.500. The highest BCUT2D eigenvalue weighted by Crippen LogP contribution is 2.35. The summed E-state index contributed by atoms with van der Waals surface area (Å²) in [5.41, 5.74) is 2.30. The summed E-state index contributed by atoms with van der Waals surface area (Å²) in [4.78, 5) is 16.3. The topological polar surface area (TPSA) is 53.9 Å². The molecule has 0 unspecified atom stereocenters. The van der Waals surface area contributed by atoms with Crippen molar-refractivity contribution in [2.45, 2.75) is 71.9 Å². The molecule has 1 aromatic carbocycles. The van der Waals surface area contributed by atoms with Crippen molar-refractivity contribution < 1.29 is 13.2 Å². The predicted molar refractivity (Wildman–Crippen MR) is 129 cm³/mol. The average Bonchev–Trinajstić information content (AvgIpc) is 2.78. The molecule has 34 heavy (non-hydrogen) atoms. The number of benzene rings is 1. The summed E-state index contributed by atoms with van der Waals surface area (Å²) >= 11 is 0. The molecular formula is C26H32F3N5. The lowest BCUT2D eigenvalue weighted by Gasteiger charge is -2.35. The molecule has 0 bridgehead atoms. The van der Waals surface area contributed by atoms with Crippen LogP contribution in [0.5, 0.6) is 0 Å². The molecule has 1 saturated heterocycles. The molecule has 5 nitrogen and oxygen atoms in total. The van der Waals surface area contributed by atoms with Crippen LogP contribution in [0.15, 0.2) is 24.3 Å². The third-order valence-electron chi connectivity index (χ3n) is 6.84. The van der Waals surface area contributed by atoms with Crippen LogP contribution in [0.3, 0.4) is 0 Å². The summed E-state index contributed by atoms with van der Waals surface area (Å²) in [6.45, 7) is 12.1. The Bertz CT molecular complexity index is 1170. The number of pyridine rings is 1. The average molecular weight is 472 g/mol. The highest BCUT2D eigenvalue weighted by molar-refractivity contribution is 5.87. The highest BCUT2D eigenvalue weighted by atomic mass is 19.3. The van der Waals surface area contributed by atoms with E-state index in [9.17, 15) is 13.2 Å². The van der Waals surface area contributed by atoms with Crippen LogP contribution in [-0.4, -0.2) is 39.0 Å². The number of fused-ring (bicyclic) bond motifs is 1. The van der Waals surface area contributed by atoms with Gasteiger partial charge < -0.3 is 10.2 Å². The molecule has 0 spiro atoms. The summed E-state index contributed by atoms with van der Waals surface area (Å²) in [5.74, 6) is 0.580. The van der Waals surface area contributed by atoms with Crippen molar-refractivity contribution in [3.05, 3.63) is 58.3 Å². The van der Waals surface area contributed by atoms with Gasteiger partial charge in [-0.05, 0) is 78.1 Å².